The van der Waals surface area contributed by atoms with Crippen LogP contribution in [-0.2, 0) is 6.42 Å². The van der Waals surface area contributed by atoms with Gasteiger partial charge in [0, 0.05) is 37.2 Å². The Morgan fingerprint density at radius 2 is 2.00 bits per heavy atom. The highest BCUT2D eigenvalue weighted by Gasteiger charge is 2.28. The summed E-state index contributed by atoms with van der Waals surface area (Å²) in [7, 11) is 0. The third-order valence-corrected chi connectivity index (χ3v) is 5.10. The number of rotatable bonds is 4. The molecule has 2 aromatic heterocycles. The summed E-state index contributed by atoms with van der Waals surface area (Å²) in [5, 5.41) is 7.34. The summed E-state index contributed by atoms with van der Waals surface area (Å²) in [5.41, 5.74) is 2.12. The van der Waals surface area contributed by atoms with Crippen LogP contribution >= 0.6 is 0 Å². The molecule has 3 aromatic rings. The standard InChI is InChI=1S/C20H21N5O3/c26-17-10-16(22-20(28)23-17)19(27)25-8-4-7-14(12-25)18-15(11-21-24-18)9-13-5-2-1-3-6-13/h1-3,5-6,10-11,14H,4,7-9,12H2,(H,21,24)(H2,22,23,26,28)/t14-/m0/s1. The van der Waals surface area contributed by atoms with Crippen LogP contribution in [-0.4, -0.2) is 44.1 Å². The van der Waals surface area contributed by atoms with Gasteiger partial charge >= 0.3 is 5.69 Å². The largest absolute Gasteiger partial charge is 0.337 e. The van der Waals surface area contributed by atoms with Crippen LogP contribution in [0.25, 0.3) is 0 Å². The molecule has 144 valence electrons. The Balaban J connectivity index is 1.53. The molecule has 0 radical (unpaired) electrons. The average Bonchev–Trinajstić information content (AvgIpc) is 3.15. The van der Waals surface area contributed by atoms with Gasteiger partial charge in [-0.1, -0.05) is 30.3 Å². The minimum Gasteiger partial charge on any atom is -0.337 e. The lowest BCUT2D eigenvalue weighted by Crippen LogP contribution is -2.41. The highest BCUT2D eigenvalue weighted by atomic mass is 16.2. The average molecular weight is 379 g/mol. The number of carbonyl (C=O) groups is 1. The number of aromatic amines is 3. The molecule has 8 nitrogen and oxygen atoms in total. The zero-order valence-electron chi connectivity index (χ0n) is 15.3. The first-order valence-electron chi connectivity index (χ1n) is 9.29. The second-order valence-electron chi connectivity index (χ2n) is 7.06. The van der Waals surface area contributed by atoms with Gasteiger partial charge in [0.2, 0.25) is 0 Å². The van der Waals surface area contributed by atoms with E-state index < -0.39 is 11.2 Å². The van der Waals surface area contributed by atoms with Crippen LogP contribution in [0.15, 0.2) is 52.2 Å². The van der Waals surface area contributed by atoms with Gasteiger partial charge in [0.25, 0.3) is 11.5 Å². The van der Waals surface area contributed by atoms with Crippen LogP contribution in [0.1, 0.15) is 46.1 Å². The zero-order valence-corrected chi connectivity index (χ0v) is 15.3. The van der Waals surface area contributed by atoms with E-state index in [2.05, 4.69) is 32.3 Å². The lowest BCUT2D eigenvalue weighted by molar-refractivity contribution is 0.0699. The van der Waals surface area contributed by atoms with Crippen molar-refractivity contribution in [2.75, 3.05) is 13.1 Å². The van der Waals surface area contributed by atoms with Crippen molar-refractivity contribution < 1.29 is 4.79 Å². The summed E-state index contributed by atoms with van der Waals surface area (Å²) in [6, 6.07) is 11.3. The van der Waals surface area contributed by atoms with Gasteiger partial charge < -0.3 is 9.88 Å². The van der Waals surface area contributed by atoms with Crippen LogP contribution in [0, 0.1) is 0 Å². The molecule has 1 aromatic carbocycles. The van der Waals surface area contributed by atoms with Crippen molar-refractivity contribution in [2.45, 2.75) is 25.2 Å². The highest BCUT2D eigenvalue weighted by molar-refractivity contribution is 5.92. The van der Waals surface area contributed by atoms with Crippen molar-refractivity contribution in [1.29, 1.82) is 0 Å². The van der Waals surface area contributed by atoms with Crippen LogP contribution in [0.3, 0.4) is 0 Å². The van der Waals surface area contributed by atoms with Gasteiger partial charge in [0.05, 0.1) is 6.20 Å². The third-order valence-electron chi connectivity index (χ3n) is 5.10. The van der Waals surface area contributed by atoms with E-state index in [4.69, 9.17) is 0 Å². The molecule has 4 rings (SSSR count). The number of nitrogens with one attached hydrogen (secondary N) is 3. The Bertz CT molecular complexity index is 1050. The third kappa shape index (κ3) is 3.80. The fraction of sp³-hybridized carbons (Fsp3) is 0.300. The molecule has 8 heteroatoms. The Morgan fingerprint density at radius 1 is 1.18 bits per heavy atom. The molecule has 1 saturated heterocycles. The number of H-pyrrole nitrogens is 3. The molecule has 1 amide bonds. The summed E-state index contributed by atoms with van der Waals surface area (Å²) >= 11 is 0. The fourth-order valence-electron chi connectivity index (χ4n) is 3.78. The molecule has 0 bridgehead atoms. The Hall–Kier alpha value is -3.42. The molecule has 1 fully saturated rings. The summed E-state index contributed by atoms with van der Waals surface area (Å²) in [5.74, 6) is -0.204. The molecule has 1 aliphatic rings. The predicted molar refractivity (Wildman–Crippen MR) is 103 cm³/mol. The van der Waals surface area contributed by atoms with E-state index in [9.17, 15) is 14.4 Å². The van der Waals surface area contributed by atoms with Crippen molar-refractivity contribution in [3.8, 4) is 0 Å². The first kappa shape index (κ1) is 18.0. The number of benzene rings is 1. The number of amides is 1. The quantitative estimate of drug-likeness (QED) is 0.635. The van der Waals surface area contributed by atoms with Gasteiger partial charge in [0.15, 0.2) is 0 Å². The maximum atomic E-state index is 12.8. The van der Waals surface area contributed by atoms with Crippen molar-refractivity contribution in [3.63, 3.8) is 0 Å². The zero-order chi connectivity index (χ0) is 19.5. The second kappa shape index (κ2) is 7.67. The van der Waals surface area contributed by atoms with E-state index in [0.717, 1.165) is 36.6 Å². The van der Waals surface area contributed by atoms with E-state index in [-0.39, 0.29) is 17.5 Å². The van der Waals surface area contributed by atoms with Gasteiger partial charge in [-0.15, -0.1) is 0 Å². The first-order chi connectivity index (χ1) is 13.6. The SMILES string of the molecule is O=C(c1cc(=O)[nH]c(=O)[nH]1)N1CCC[C@H](c2[nH]ncc2Cc2ccccc2)C1. The van der Waals surface area contributed by atoms with Crippen LogP contribution < -0.4 is 11.2 Å². The van der Waals surface area contributed by atoms with Gasteiger partial charge in [-0.2, -0.15) is 5.10 Å². The van der Waals surface area contributed by atoms with Crippen LogP contribution in [0.4, 0.5) is 0 Å². The molecule has 3 N–H and O–H groups in total. The molecule has 0 spiro atoms. The van der Waals surface area contributed by atoms with Crippen molar-refractivity contribution in [3.05, 3.63) is 85.9 Å². The topological polar surface area (TPSA) is 115 Å². The maximum Gasteiger partial charge on any atom is 0.326 e. The van der Waals surface area contributed by atoms with E-state index in [0.29, 0.717) is 13.1 Å². The van der Waals surface area contributed by atoms with E-state index in [1.807, 2.05) is 24.4 Å². The van der Waals surface area contributed by atoms with E-state index >= 15 is 0 Å². The summed E-state index contributed by atoms with van der Waals surface area (Å²) in [6.07, 6.45) is 4.41. The summed E-state index contributed by atoms with van der Waals surface area (Å²) in [4.78, 5) is 41.9. The van der Waals surface area contributed by atoms with Crippen molar-refractivity contribution in [2.24, 2.45) is 0 Å². The lowest BCUT2D eigenvalue weighted by Gasteiger charge is -2.32. The number of aromatic nitrogens is 4. The molecule has 3 heterocycles. The van der Waals surface area contributed by atoms with Crippen molar-refractivity contribution >= 4 is 5.91 Å². The van der Waals surface area contributed by atoms with Crippen LogP contribution in [0.2, 0.25) is 0 Å². The fourth-order valence-corrected chi connectivity index (χ4v) is 3.78. The lowest BCUT2D eigenvalue weighted by atomic mass is 9.90. The van der Waals surface area contributed by atoms with E-state index in [1.54, 1.807) is 4.90 Å². The molecule has 0 unspecified atom stereocenters. The summed E-state index contributed by atoms with van der Waals surface area (Å²) < 4.78 is 0. The monoisotopic (exact) mass is 379 g/mol. The smallest absolute Gasteiger partial charge is 0.326 e. The Labute approximate surface area is 160 Å². The molecule has 1 aliphatic heterocycles. The second-order valence-corrected chi connectivity index (χ2v) is 7.06. The number of nitrogens with zero attached hydrogens (tertiary/aromatic N) is 2. The molecule has 28 heavy (non-hydrogen) atoms. The molecular weight excluding hydrogens is 358 g/mol. The predicted octanol–water partition coefficient (Wildman–Crippen LogP) is 1.40. The molecule has 0 saturated carbocycles. The van der Waals surface area contributed by atoms with Gasteiger partial charge in [-0.05, 0) is 24.0 Å². The van der Waals surface area contributed by atoms with Gasteiger partial charge in [-0.25, -0.2) is 4.79 Å². The van der Waals surface area contributed by atoms with E-state index in [1.165, 1.54) is 5.56 Å². The van der Waals surface area contributed by atoms with Gasteiger partial charge in [0.1, 0.15) is 5.69 Å². The maximum absolute atomic E-state index is 12.8. The van der Waals surface area contributed by atoms with Crippen LogP contribution in [0.5, 0.6) is 0 Å². The number of carbonyl (C=O) groups excluding carboxylic acids is 1. The molecular formula is C20H21N5O3. The molecule has 1 atom stereocenters. The highest BCUT2D eigenvalue weighted by Crippen LogP contribution is 2.29. The number of hydrogen-bond acceptors (Lipinski definition) is 4. The van der Waals surface area contributed by atoms with Gasteiger partial charge in [-0.3, -0.25) is 19.7 Å². The Morgan fingerprint density at radius 3 is 2.79 bits per heavy atom. The minimum absolute atomic E-state index is 0.0171. The molecule has 0 aliphatic carbocycles. The minimum atomic E-state index is -0.678. The number of likely N-dealkylation sites (tertiary alicyclic amines) is 1. The van der Waals surface area contributed by atoms with Crippen molar-refractivity contribution in [1.82, 2.24) is 25.1 Å². The normalized spacial score (nSPS) is 16.9. The Kier molecular flexibility index (Phi) is 4.92. The number of piperidine rings is 1. The first-order valence-corrected chi connectivity index (χ1v) is 9.29. The number of hydrogen-bond donors (Lipinski definition) is 3. The summed E-state index contributed by atoms with van der Waals surface area (Å²) in [6.45, 7) is 1.10.